The number of hydrogen-bond acceptors (Lipinski definition) is 13. The first kappa shape index (κ1) is 59.0. The quantitative estimate of drug-likeness (QED) is 0.00851. The van der Waals surface area contributed by atoms with Gasteiger partial charge >= 0.3 is 19.8 Å². The summed E-state index contributed by atoms with van der Waals surface area (Å²) in [5.41, 5.74) is 0. The largest absolute Gasteiger partial charge is 0.472 e. The third-order valence-corrected chi connectivity index (χ3v) is 11.5. The maximum absolute atomic E-state index is 12.8. The predicted molar refractivity (Wildman–Crippen MR) is 249 cm³/mol. The average molecular weight is 925 g/mol. The highest BCUT2D eigenvalue weighted by Crippen LogP contribution is 2.47. The number of ether oxygens (including phenoxy) is 2. The molecule has 0 saturated heterocycles. The van der Waals surface area contributed by atoms with Crippen molar-refractivity contribution in [2.45, 2.75) is 204 Å². The molecule has 0 spiro atoms. The molecule has 64 heavy (non-hydrogen) atoms. The molecule has 0 aliphatic heterocycles. The summed E-state index contributed by atoms with van der Waals surface area (Å²) in [6.07, 6.45) is 30.5. The molecule has 3 unspecified atom stereocenters. The van der Waals surface area contributed by atoms with Crippen molar-refractivity contribution in [1.29, 1.82) is 0 Å². The molecule has 0 amide bonds. The number of carbonyl (C=O) groups excluding carboxylic acids is 3. The number of unbranched alkanes of at least 4 members (excludes halogenated alkanes) is 13. The second kappa shape index (κ2) is 38.1. The van der Waals surface area contributed by atoms with Crippen molar-refractivity contribution in [2.24, 2.45) is 0 Å². The Bertz CT molecular complexity index is 1460. The second-order valence-electron chi connectivity index (χ2n) is 16.3. The van der Waals surface area contributed by atoms with Gasteiger partial charge in [-0.15, -0.1) is 0 Å². The SMILES string of the molecule is CC/C=C\C/C=C\C/C=C\C/C=C\CCCCCCCCC(=O)O[C@H](COC(=O)CCCCCCCC(=O)/C=C/C=C\CCCCC)COP(=O)(O)OC1[C@H](O)[C@H](O)C(O)[C@H](O)[C@H]1O. The number of rotatable bonds is 38. The topological polar surface area (TPSA) is 227 Å². The van der Waals surface area contributed by atoms with Gasteiger partial charge in [0, 0.05) is 19.3 Å². The molecule has 0 aromatic heterocycles. The molecule has 1 rings (SSSR count). The van der Waals surface area contributed by atoms with Crippen LogP contribution in [0.2, 0.25) is 0 Å². The molecule has 15 heteroatoms. The maximum Gasteiger partial charge on any atom is 0.472 e. The number of phosphoric acid groups is 1. The summed E-state index contributed by atoms with van der Waals surface area (Å²) in [6, 6.07) is 0. The lowest BCUT2D eigenvalue weighted by atomic mass is 9.85. The number of carbonyl (C=O) groups is 3. The molecule has 0 heterocycles. The summed E-state index contributed by atoms with van der Waals surface area (Å²) >= 11 is 0. The van der Waals surface area contributed by atoms with Gasteiger partial charge in [0.25, 0.3) is 0 Å². The molecular formula is C49H81O14P. The Morgan fingerprint density at radius 3 is 1.62 bits per heavy atom. The molecule has 1 fully saturated rings. The molecule has 6 N–H and O–H groups in total. The minimum atomic E-state index is -5.16. The minimum Gasteiger partial charge on any atom is -0.462 e. The summed E-state index contributed by atoms with van der Waals surface area (Å²) in [5, 5.41) is 50.2. The van der Waals surface area contributed by atoms with E-state index in [1.807, 2.05) is 6.08 Å². The molecule has 0 aromatic rings. The van der Waals surface area contributed by atoms with Gasteiger partial charge in [0.05, 0.1) is 6.61 Å². The fourth-order valence-corrected chi connectivity index (χ4v) is 7.64. The van der Waals surface area contributed by atoms with Crippen molar-refractivity contribution in [3.05, 3.63) is 72.9 Å². The van der Waals surface area contributed by atoms with Crippen molar-refractivity contribution in [1.82, 2.24) is 0 Å². The highest BCUT2D eigenvalue weighted by molar-refractivity contribution is 7.47. The van der Waals surface area contributed by atoms with Gasteiger partial charge in [-0.05, 0) is 76.7 Å². The fourth-order valence-electron chi connectivity index (χ4n) is 6.67. The third kappa shape index (κ3) is 30.2. The van der Waals surface area contributed by atoms with E-state index in [0.29, 0.717) is 19.3 Å². The van der Waals surface area contributed by atoms with Crippen LogP contribution in [0.3, 0.4) is 0 Å². The van der Waals surface area contributed by atoms with Crippen molar-refractivity contribution >= 4 is 25.5 Å². The van der Waals surface area contributed by atoms with Gasteiger partial charge in [0.15, 0.2) is 11.9 Å². The summed E-state index contributed by atoms with van der Waals surface area (Å²) in [7, 11) is -5.16. The third-order valence-electron chi connectivity index (χ3n) is 10.5. The van der Waals surface area contributed by atoms with Gasteiger partial charge in [-0.25, -0.2) is 4.57 Å². The second-order valence-corrected chi connectivity index (χ2v) is 17.7. The molecule has 0 radical (unpaired) electrons. The van der Waals surface area contributed by atoms with Crippen LogP contribution in [0.5, 0.6) is 0 Å². The smallest absolute Gasteiger partial charge is 0.462 e. The Labute approximate surface area is 382 Å². The predicted octanol–water partition coefficient (Wildman–Crippen LogP) is 8.68. The number of aliphatic hydroxyl groups is 5. The Kier molecular flexibility index (Phi) is 35.1. The Morgan fingerprint density at radius 2 is 1.03 bits per heavy atom. The normalized spacial score (nSPS) is 22.1. The van der Waals surface area contributed by atoms with Crippen LogP contribution in [0.25, 0.3) is 0 Å². The zero-order valence-corrected chi connectivity index (χ0v) is 39.4. The Hall–Kier alpha value is -3.04. The van der Waals surface area contributed by atoms with Crippen LogP contribution >= 0.6 is 7.82 Å². The molecule has 14 nitrogen and oxygen atoms in total. The van der Waals surface area contributed by atoms with Crippen molar-refractivity contribution < 1.29 is 67.9 Å². The lowest BCUT2D eigenvalue weighted by Gasteiger charge is -2.41. The molecule has 1 aliphatic rings. The summed E-state index contributed by atoms with van der Waals surface area (Å²) < 4.78 is 33.5. The molecule has 8 atom stereocenters. The van der Waals surface area contributed by atoms with Crippen LogP contribution in [0.15, 0.2) is 72.9 Å². The fraction of sp³-hybridized carbons (Fsp3) is 0.694. The first-order valence-electron chi connectivity index (χ1n) is 23.7. The van der Waals surface area contributed by atoms with Gasteiger partial charge in [-0.1, -0.05) is 138 Å². The molecule has 366 valence electrons. The lowest BCUT2D eigenvalue weighted by Crippen LogP contribution is -2.64. The van der Waals surface area contributed by atoms with E-state index < -0.39 is 75.7 Å². The molecule has 0 bridgehead atoms. The highest BCUT2D eigenvalue weighted by Gasteiger charge is 2.51. The monoisotopic (exact) mass is 925 g/mol. The van der Waals surface area contributed by atoms with Gasteiger partial charge in [0.2, 0.25) is 0 Å². The van der Waals surface area contributed by atoms with E-state index >= 15 is 0 Å². The Balaban J connectivity index is 2.50. The van der Waals surface area contributed by atoms with Crippen LogP contribution in [0, 0.1) is 0 Å². The van der Waals surface area contributed by atoms with Gasteiger partial charge in [-0.2, -0.15) is 0 Å². The minimum absolute atomic E-state index is 0.0519. The van der Waals surface area contributed by atoms with Crippen molar-refractivity contribution in [2.75, 3.05) is 13.2 Å². The number of hydrogen-bond donors (Lipinski definition) is 6. The molecule has 1 aliphatic carbocycles. The first-order chi connectivity index (χ1) is 30.8. The zero-order chi connectivity index (χ0) is 47.3. The van der Waals surface area contributed by atoms with E-state index in [9.17, 15) is 49.4 Å². The van der Waals surface area contributed by atoms with Crippen LogP contribution in [0.1, 0.15) is 162 Å². The standard InChI is InChI=1S/C49H81O14P/c1-3-5-7-9-11-12-13-14-15-16-17-18-19-20-21-22-24-28-33-37-43(52)62-41(39-61-64(58,59)63-49-47(56)45(54)44(53)46(55)48(49)57)38-60-42(51)36-32-29-25-27-31-35-40(50)34-30-26-23-10-8-6-4-2/h5,7,11-12,14-15,17-18,23,26,30,34,41,44-49,53-57H,3-4,6,8-10,13,16,19-22,24-25,27-29,31-33,35-39H2,1-2H3,(H,58,59)/b7-5-,12-11-,15-14-,18-17-,26-23-,34-30+/t41-,44?,45-,46+,47-,48-,49?/m1/s1. The number of allylic oxidation sites excluding steroid dienone is 12. The van der Waals surface area contributed by atoms with Gasteiger partial charge in [0.1, 0.15) is 43.2 Å². The number of phosphoric ester groups is 1. The van der Waals surface area contributed by atoms with Crippen molar-refractivity contribution in [3.63, 3.8) is 0 Å². The zero-order valence-electron chi connectivity index (χ0n) is 38.5. The summed E-state index contributed by atoms with van der Waals surface area (Å²) in [5.74, 6) is -1.14. The number of aliphatic hydroxyl groups excluding tert-OH is 5. The lowest BCUT2D eigenvalue weighted by molar-refractivity contribution is -0.220. The summed E-state index contributed by atoms with van der Waals surface area (Å²) in [6.45, 7) is 3.01. The van der Waals surface area contributed by atoms with E-state index in [1.54, 1.807) is 12.2 Å². The van der Waals surface area contributed by atoms with Crippen LogP contribution in [-0.2, 0) is 37.5 Å². The van der Waals surface area contributed by atoms with Gasteiger partial charge in [-0.3, -0.25) is 23.4 Å². The summed E-state index contributed by atoms with van der Waals surface area (Å²) in [4.78, 5) is 47.8. The molecular weight excluding hydrogens is 843 g/mol. The van der Waals surface area contributed by atoms with Gasteiger partial charge < -0.3 is 39.9 Å². The average Bonchev–Trinajstić information content (AvgIpc) is 3.27. The molecule has 0 aromatic carbocycles. The highest BCUT2D eigenvalue weighted by atomic mass is 31.2. The van der Waals surface area contributed by atoms with Crippen LogP contribution in [0.4, 0.5) is 0 Å². The van der Waals surface area contributed by atoms with E-state index in [0.717, 1.165) is 103 Å². The molecule has 1 saturated carbocycles. The van der Waals surface area contributed by atoms with E-state index in [2.05, 4.69) is 68.5 Å². The van der Waals surface area contributed by atoms with E-state index in [4.69, 9.17) is 18.5 Å². The van der Waals surface area contributed by atoms with Crippen LogP contribution < -0.4 is 0 Å². The van der Waals surface area contributed by atoms with E-state index in [1.165, 1.54) is 12.8 Å². The van der Waals surface area contributed by atoms with E-state index in [-0.39, 0.29) is 18.6 Å². The first-order valence-corrected chi connectivity index (χ1v) is 25.2. The Morgan fingerprint density at radius 1 is 0.547 bits per heavy atom. The maximum atomic E-state index is 12.8. The van der Waals surface area contributed by atoms with Crippen LogP contribution in [-0.4, -0.2) is 104 Å². The number of ketones is 1. The number of esters is 2. The van der Waals surface area contributed by atoms with Crippen molar-refractivity contribution in [3.8, 4) is 0 Å².